The van der Waals surface area contributed by atoms with Crippen LogP contribution in [0.4, 0.5) is 4.39 Å². The molecule has 0 amide bonds. The highest BCUT2D eigenvalue weighted by Gasteiger charge is 2.14. The predicted octanol–water partition coefficient (Wildman–Crippen LogP) is 3.21. The van der Waals surface area contributed by atoms with Gasteiger partial charge in [0.05, 0.1) is 6.61 Å². The Kier molecular flexibility index (Phi) is 4.91. The Labute approximate surface area is 113 Å². The zero-order valence-corrected chi connectivity index (χ0v) is 11.1. The van der Waals surface area contributed by atoms with E-state index >= 15 is 0 Å². The molecular weight excluding hydrogens is 243 g/mol. The maximum atomic E-state index is 13.1. The lowest BCUT2D eigenvalue weighted by molar-refractivity contribution is 0.0738. The lowest BCUT2D eigenvalue weighted by atomic mass is 9.90. The summed E-state index contributed by atoms with van der Waals surface area (Å²) in [6.07, 6.45) is 6.40. The normalized spacial score (nSPS) is 16.5. The largest absolute Gasteiger partial charge is 0.384 e. The molecule has 0 saturated heterocycles. The molecule has 0 heterocycles. The van der Waals surface area contributed by atoms with Gasteiger partial charge in [0.2, 0.25) is 0 Å². The number of amidine groups is 1. The Morgan fingerprint density at radius 1 is 1.32 bits per heavy atom. The van der Waals surface area contributed by atoms with E-state index in [1.807, 2.05) is 0 Å². The van der Waals surface area contributed by atoms with Crippen LogP contribution in [0.25, 0.3) is 0 Å². The summed E-state index contributed by atoms with van der Waals surface area (Å²) in [6, 6.07) is 4.32. The average Bonchev–Trinajstić information content (AvgIpc) is 2.41. The van der Waals surface area contributed by atoms with Gasteiger partial charge in [0.1, 0.15) is 11.7 Å². The third-order valence-electron chi connectivity index (χ3n) is 3.70. The number of hydrogen-bond acceptors (Lipinski definition) is 2. The first-order chi connectivity index (χ1) is 9.16. The molecule has 19 heavy (non-hydrogen) atoms. The highest BCUT2D eigenvalue weighted by molar-refractivity contribution is 5.96. The van der Waals surface area contributed by atoms with Crippen molar-refractivity contribution in [3.63, 3.8) is 0 Å². The van der Waals surface area contributed by atoms with Gasteiger partial charge in [-0.15, -0.1) is 0 Å². The standard InChI is InChI=1S/C15H21FN2O/c16-13-7-6-12(14(8-13)15(17)18)10-19-9-11-4-2-1-3-5-11/h6-8,11H,1-5,9-10H2,(H3,17,18). The second kappa shape index (κ2) is 6.66. The molecule has 0 aliphatic heterocycles. The summed E-state index contributed by atoms with van der Waals surface area (Å²) in [5.74, 6) is 0.159. The van der Waals surface area contributed by atoms with Gasteiger partial charge in [0, 0.05) is 12.2 Å². The number of nitrogens with one attached hydrogen (secondary N) is 1. The van der Waals surface area contributed by atoms with Gasteiger partial charge in [-0.05, 0) is 36.5 Å². The molecule has 3 nitrogen and oxygen atoms in total. The van der Waals surface area contributed by atoms with E-state index in [0.717, 1.165) is 12.2 Å². The molecule has 1 aliphatic carbocycles. The number of benzene rings is 1. The first kappa shape index (κ1) is 14.0. The van der Waals surface area contributed by atoms with Gasteiger partial charge in [-0.3, -0.25) is 5.41 Å². The molecule has 0 unspecified atom stereocenters. The van der Waals surface area contributed by atoms with Crippen LogP contribution < -0.4 is 5.73 Å². The van der Waals surface area contributed by atoms with E-state index < -0.39 is 0 Å². The van der Waals surface area contributed by atoms with Crippen LogP contribution in [0.2, 0.25) is 0 Å². The number of ether oxygens (including phenoxy) is 1. The molecule has 104 valence electrons. The third-order valence-corrected chi connectivity index (χ3v) is 3.70. The van der Waals surface area contributed by atoms with Crippen molar-refractivity contribution in [3.05, 3.63) is 35.1 Å². The number of nitrogen functional groups attached to an aromatic ring is 1. The second-order valence-electron chi connectivity index (χ2n) is 5.23. The second-order valence-corrected chi connectivity index (χ2v) is 5.23. The molecule has 1 aliphatic rings. The lowest BCUT2D eigenvalue weighted by Crippen LogP contribution is -2.16. The number of rotatable bonds is 5. The Balaban J connectivity index is 1.89. The van der Waals surface area contributed by atoms with Gasteiger partial charge >= 0.3 is 0 Å². The summed E-state index contributed by atoms with van der Waals surface area (Å²) in [4.78, 5) is 0. The van der Waals surface area contributed by atoms with E-state index in [1.54, 1.807) is 6.07 Å². The summed E-state index contributed by atoms with van der Waals surface area (Å²) in [6.45, 7) is 1.14. The van der Waals surface area contributed by atoms with Gasteiger partial charge < -0.3 is 10.5 Å². The predicted molar refractivity (Wildman–Crippen MR) is 73.6 cm³/mol. The van der Waals surface area contributed by atoms with E-state index in [2.05, 4.69) is 0 Å². The van der Waals surface area contributed by atoms with Crippen molar-refractivity contribution in [2.75, 3.05) is 6.61 Å². The quantitative estimate of drug-likeness (QED) is 0.633. The number of nitrogens with two attached hydrogens (primary N) is 1. The zero-order chi connectivity index (χ0) is 13.7. The Morgan fingerprint density at radius 2 is 2.05 bits per heavy atom. The highest BCUT2D eigenvalue weighted by atomic mass is 19.1. The molecule has 0 radical (unpaired) electrons. The van der Waals surface area contributed by atoms with Crippen molar-refractivity contribution >= 4 is 5.84 Å². The first-order valence-corrected chi connectivity index (χ1v) is 6.87. The molecule has 0 aromatic heterocycles. The molecule has 1 aromatic rings. The Hall–Kier alpha value is -1.42. The van der Waals surface area contributed by atoms with Crippen molar-refractivity contribution in [3.8, 4) is 0 Å². The highest BCUT2D eigenvalue weighted by Crippen LogP contribution is 2.24. The Bertz CT molecular complexity index is 442. The summed E-state index contributed by atoms with van der Waals surface area (Å²) in [5, 5.41) is 7.46. The zero-order valence-electron chi connectivity index (χ0n) is 11.1. The van der Waals surface area contributed by atoms with Crippen LogP contribution >= 0.6 is 0 Å². The number of halogens is 1. The third kappa shape index (κ3) is 4.03. The van der Waals surface area contributed by atoms with Gasteiger partial charge in [0.15, 0.2) is 0 Å². The fourth-order valence-electron chi connectivity index (χ4n) is 2.61. The maximum absolute atomic E-state index is 13.1. The summed E-state index contributed by atoms with van der Waals surface area (Å²) < 4.78 is 18.8. The van der Waals surface area contributed by atoms with Crippen LogP contribution in [-0.2, 0) is 11.3 Å². The minimum absolute atomic E-state index is 0.115. The smallest absolute Gasteiger partial charge is 0.123 e. The van der Waals surface area contributed by atoms with Crippen molar-refractivity contribution in [1.82, 2.24) is 0 Å². The summed E-state index contributed by atoms with van der Waals surface area (Å²) in [5.41, 5.74) is 6.68. The summed E-state index contributed by atoms with van der Waals surface area (Å²) >= 11 is 0. The maximum Gasteiger partial charge on any atom is 0.123 e. The minimum atomic E-state index is -0.374. The average molecular weight is 264 g/mol. The molecule has 4 heteroatoms. The fourth-order valence-corrected chi connectivity index (χ4v) is 2.61. The molecule has 0 atom stereocenters. The number of hydrogen-bond donors (Lipinski definition) is 2. The molecule has 0 spiro atoms. The SMILES string of the molecule is N=C(N)c1cc(F)ccc1COCC1CCCCC1. The van der Waals surface area contributed by atoms with Crippen molar-refractivity contribution in [2.24, 2.45) is 11.7 Å². The van der Waals surface area contributed by atoms with E-state index in [1.165, 1.54) is 44.2 Å². The fraction of sp³-hybridized carbons (Fsp3) is 0.533. The van der Waals surface area contributed by atoms with Gasteiger partial charge in [-0.1, -0.05) is 25.3 Å². The van der Waals surface area contributed by atoms with Gasteiger partial charge in [0.25, 0.3) is 0 Å². The van der Waals surface area contributed by atoms with Crippen LogP contribution in [0.1, 0.15) is 43.2 Å². The van der Waals surface area contributed by atoms with Crippen LogP contribution in [0.15, 0.2) is 18.2 Å². The van der Waals surface area contributed by atoms with Crippen molar-refractivity contribution < 1.29 is 9.13 Å². The van der Waals surface area contributed by atoms with E-state index in [9.17, 15) is 4.39 Å². The van der Waals surface area contributed by atoms with Gasteiger partial charge in [-0.2, -0.15) is 0 Å². The van der Waals surface area contributed by atoms with Crippen LogP contribution in [0, 0.1) is 17.1 Å². The summed E-state index contributed by atoms with van der Waals surface area (Å²) in [7, 11) is 0. The molecule has 1 fully saturated rings. The molecule has 0 bridgehead atoms. The van der Waals surface area contributed by atoms with Crippen molar-refractivity contribution in [2.45, 2.75) is 38.7 Å². The Morgan fingerprint density at radius 3 is 2.74 bits per heavy atom. The first-order valence-electron chi connectivity index (χ1n) is 6.87. The van der Waals surface area contributed by atoms with Crippen molar-refractivity contribution in [1.29, 1.82) is 5.41 Å². The van der Waals surface area contributed by atoms with Crippen LogP contribution in [0.5, 0.6) is 0 Å². The van der Waals surface area contributed by atoms with E-state index in [4.69, 9.17) is 15.9 Å². The monoisotopic (exact) mass is 264 g/mol. The van der Waals surface area contributed by atoms with Crippen LogP contribution in [0.3, 0.4) is 0 Å². The van der Waals surface area contributed by atoms with E-state index in [0.29, 0.717) is 18.1 Å². The molecule has 1 saturated carbocycles. The molecule has 3 N–H and O–H groups in total. The minimum Gasteiger partial charge on any atom is -0.384 e. The van der Waals surface area contributed by atoms with Crippen LogP contribution in [-0.4, -0.2) is 12.4 Å². The molecular formula is C15H21FN2O. The lowest BCUT2D eigenvalue weighted by Gasteiger charge is -2.21. The molecule has 2 rings (SSSR count). The topological polar surface area (TPSA) is 59.1 Å². The van der Waals surface area contributed by atoms with E-state index in [-0.39, 0.29) is 11.7 Å². The molecule has 1 aromatic carbocycles. The van der Waals surface area contributed by atoms with Gasteiger partial charge in [-0.25, -0.2) is 4.39 Å².